The van der Waals surface area contributed by atoms with Crippen molar-refractivity contribution in [2.24, 2.45) is 0 Å². The molecule has 0 saturated carbocycles. The molecular weight excluding hydrogens is 355 g/mol. The van der Waals surface area contributed by atoms with Crippen LogP contribution in [0.4, 0.5) is 4.39 Å². The second kappa shape index (κ2) is 8.50. The number of rotatable bonds is 5. The Balaban J connectivity index is 1.45. The summed E-state index contributed by atoms with van der Waals surface area (Å²) in [5.74, 6) is 0.628. The Labute approximate surface area is 164 Å². The average molecular weight is 378 g/mol. The first-order valence-corrected chi connectivity index (χ1v) is 9.40. The zero-order valence-corrected chi connectivity index (χ0v) is 15.8. The van der Waals surface area contributed by atoms with Crippen LogP contribution in [0.3, 0.4) is 0 Å². The van der Waals surface area contributed by atoms with Crippen LogP contribution in [-0.2, 0) is 11.3 Å². The van der Waals surface area contributed by atoms with Gasteiger partial charge in [-0.2, -0.15) is 0 Å². The first-order valence-electron chi connectivity index (χ1n) is 9.40. The molecule has 1 saturated heterocycles. The summed E-state index contributed by atoms with van der Waals surface area (Å²) in [6.07, 6.45) is 1.63. The summed E-state index contributed by atoms with van der Waals surface area (Å²) in [5.41, 5.74) is 3.41. The topological polar surface area (TPSA) is 34.6 Å². The molecule has 0 unspecified atom stereocenters. The van der Waals surface area contributed by atoms with Gasteiger partial charge in [0.05, 0.1) is 19.4 Å². The Morgan fingerprint density at radius 1 is 1.14 bits per heavy atom. The molecule has 1 fully saturated rings. The molecule has 5 heteroatoms. The van der Waals surface area contributed by atoms with Crippen LogP contribution in [0.5, 0.6) is 5.75 Å². The van der Waals surface area contributed by atoms with Gasteiger partial charge in [0.25, 0.3) is 0 Å². The third-order valence-electron chi connectivity index (χ3n) is 4.99. The van der Waals surface area contributed by atoms with Gasteiger partial charge in [0.15, 0.2) is 0 Å². The van der Waals surface area contributed by atoms with Crippen molar-refractivity contribution in [2.45, 2.75) is 12.6 Å². The summed E-state index contributed by atoms with van der Waals surface area (Å²) >= 11 is 0. The lowest BCUT2D eigenvalue weighted by molar-refractivity contribution is -0.0349. The maximum Gasteiger partial charge on any atom is 0.131 e. The van der Waals surface area contributed by atoms with E-state index in [9.17, 15) is 4.39 Å². The van der Waals surface area contributed by atoms with Gasteiger partial charge in [-0.1, -0.05) is 36.4 Å². The van der Waals surface area contributed by atoms with E-state index in [4.69, 9.17) is 9.47 Å². The van der Waals surface area contributed by atoms with E-state index in [-0.39, 0.29) is 11.9 Å². The minimum Gasteiger partial charge on any atom is -0.497 e. The van der Waals surface area contributed by atoms with E-state index in [2.05, 4.69) is 22.0 Å². The number of methoxy groups -OCH3 is 1. The lowest BCUT2D eigenvalue weighted by Crippen LogP contribution is -2.38. The van der Waals surface area contributed by atoms with Crippen LogP contribution in [0.15, 0.2) is 66.9 Å². The second-order valence-electron chi connectivity index (χ2n) is 6.90. The number of benzene rings is 2. The Kier molecular flexibility index (Phi) is 5.65. The van der Waals surface area contributed by atoms with E-state index in [1.807, 2.05) is 30.3 Å². The van der Waals surface area contributed by atoms with Gasteiger partial charge in [0, 0.05) is 37.0 Å². The quantitative estimate of drug-likeness (QED) is 0.656. The number of aromatic nitrogens is 1. The first-order chi connectivity index (χ1) is 13.7. The molecule has 2 aromatic carbocycles. The van der Waals surface area contributed by atoms with E-state index in [0.29, 0.717) is 12.2 Å². The molecule has 144 valence electrons. The summed E-state index contributed by atoms with van der Waals surface area (Å²) in [7, 11) is 1.68. The monoisotopic (exact) mass is 378 g/mol. The fourth-order valence-corrected chi connectivity index (χ4v) is 3.50. The smallest absolute Gasteiger partial charge is 0.131 e. The number of nitrogens with zero attached hydrogens (tertiary/aromatic N) is 2. The summed E-state index contributed by atoms with van der Waals surface area (Å²) in [5, 5.41) is 0. The van der Waals surface area contributed by atoms with Crippen molar-refractivity contribution in [1.29, 1.82) is 0 Å². The van der Waals surface area contributed by atoms with Crippen LogP contribution in [0.1, 0.15) is 17.4 Å². The predicted octanol–water partition coefficient (Wildman–Crippen LogP) is 4.47. The van der Waals surface area contributed by atoms with Gasteiger partial charge < -0.3 is 9.47 Å². The highest BCUT2D eigenvalue weighted by Gasteiger charge is 2.23. The molecular formula is C23H23FN2O2. The Hall–Kier alpha value is -2.76. The van der Waals surface area contributed by atoms with E-state index < -0.39 is 0 Å². The SMILES string of the molecule is COc1cccc(CN2CCO[C@@H](c3ccc(-c4ccccc4F)cn3)C2)c1. The molecule has 1 aliphatic rings. The van der Waals surface area contributed by atoms with Crippen LogP contribution in [-0.4, -0.2) is 36.7 Å². The highest BCUT2D eigenvalue weighted by Crippen LogP contribution is 2.26. The van der Waals surface area contributed by atoms with Gasteiger partial charge in [0.2, 0.25) is 0 Å². The van der Waals surface area contributed by atoms with Crippen LogP contribution >= 0.6 is 0 Å². The fourth-order valence-electron chi connectivity index (χ4n) is 3.50. The molecule has 3 aromatic rings. The normalized spacial score (nSPS) is 17.4. The number of morpholine rings is 1. The standard InChI is InChI=1S/C23H23FN2O2/c1-27-19-6-4-5-17(13-19)15-26-11-12-28-23(16-26)22-10-9-18(14-25-22)20-7-2-3-8-21(20)24/h2-10,13-14,23H,11-12,15-16H2,1H3/t23-/m1/s1. The van der Waals surface area contributed by atoms with Crippen molar-refractivity contribution >= 4 is 0 Å². The highest BCUT2D eigenvalue weighted by molar-refractivity contribution is 5.63. The van der Waals surface area contributed by atoms with Crippen LogP contribution in [0.2, 0.25) is 0 Å². The number of hydrogen-bond donors (Lipinski definition) is 0. The zero-order chi connectivity index (χ0) is 19.3. The third kappa shape index (κ3) is 4.21. The molecule has 1 atom stereocenters. The molecule has 2 heterocycles. The minimum absolute atomic E-state index is 0.0889. The summed E-state index contributed by atoms with van der Waals surface area (Å²) < 4.78 is 25.2. The molecule has 0 radical (unpaired) electrons. The van der Waals surface area contributed by atoms with Crippen LogP contribution in [0.25, 0.3) is 11.1 Å². The average Bonchev–Trinajstić information content (AvgIpc) is 2.75. The lowest BCUT2D eigenvalue weighted by atomic mass is 10.1. The molecule has 0 aliphatic carbocycles. The molecule has 0 spiro atoms. The van der Waals surface area contributed by atoms with E-state index in [1.165, 1.54) is 11.6 Å². The molecule has 4 rings (SSSR count). The van der Waals surface area contributed by atoms with Crippen molar-refractivity contribution in [2.75, 3.05) is 26.8 Å². The molecule has 0 bridgehead atoms. The van der Waals surface area contributed by atoms with Crippen molar-refractivity contribution < 1.29 is 13.9 Å². The molecule has 1 aliphatic heterocycles. The van der Waals surface area contributed by atoms with Gasteiger partial charge in [-0.3, -0.25) is 9.88 Å². The molecule has 0 amide bonds. The molecule has 28 heavy (non-hydrogen) atoms. The van der Waals surface area contributed by atoms with Crippen molar-refractivity contribution in [3.63, 3.8) is 0 Å². The van der Waals surface area contributed by atoms with E-state index in [1.54, 1.807) is 25.4 Å². The predicted molar refractivity (Wildman–Crippen MR) is 107 cm³/mol. The molecule has 4 nitrogen and oxygen atoms in total. The van der Waals surface area contributed by atoms with Gasteiger partial charge in [0.1, 0.15) is 17.7 Å². The van der Waals surface area contributed by atoms with Crippen molar-refractivity contribution in [3.05, 3.63) is 83.9 Å². The molecule has 0 N–H and O–H groups in total. The first kappa shape index (κ1) is 18.6. The fraction of sp³-hybridized carbons (Fsp3) is 0.261. The van der Waals surface area contributed by atoms with Crippen LogP contribution in [0, 0.1) is 5.82 Å². The van der Waals surface area contributed by atoms with Crippen molar-refractivity contribution in [1.82, 2.24) is 9.88 Å². The molecule has 1 aromatic heterocycles. The number of halogens is 1. The van der Waals surface area contributed by atoms with Gasteiger partial charge in [-0.15, -0.1) is 0 Å². The minimum atomic E-state index is -0.240. The number of pyridine rings is 1. The zero-order valence-electron chi connectivity index (χ0n) is 15.8. The van der Waals surface area contributed by atoms with E-state index >= 15 is 0 Å². The largest absolute Gasteiger partial charge is 0.497 e. The summed E-state index contributed by atoms with van der Waals surface area (Å²) in [4.78, 5) is 6.91. The summed E-state index contributed by atoms with van der Waals surface area (Å²) in [6.45, 7) is 3.14. The number of hydrogen-bond acceptors (Lipinski definition) is 4. The Morgan fingerprint density at radius 3 is 2.82 bits per heavy atom. The van der Waals surface area contributed by atoms with Gasteiger partial charge in [-0.25, -0.2) is 4.39 Å². The maximum atomic E-state index is 14.0. The third-order valence-corrected chi connectivity index (χ3v) is 4.99. The lowest BCUT2D eigenvalue weighted by Gasteiger charge is -2.32. The summed E-state index contributed by atoms with van der Waals surface area (Å²) in [6, 6.07) is 18.7. The second-order valence-corrected chi connectivity index (χ2v) is 6.90. The maximum absolute atomic E-state index is 14.0. The van der Waals surface area contributed by atoms with Gasteiger partial charge in [-0.05, 0) is 29.8 Å². The van der Waals surface area contributed by atoms with Gasteiger partial charge >= 0.3 is 0 Å². The number of ether oxygens (including phenoxy) is 2. The Bertz CT molecular complexity index is 930. The van der Waals surface area contributed by atoms with Crippen LogP contribution < -0.4 is 4.74 Å². The van der Waals surface area contributed by atoms with Crippen molar-refractivity contribution in [3.8, 4) is 16.9 Å². The van der Waals surface area contributed by atoms with E-state index in [0.717, 1.165) is 36.6 Å². The Morgan fingerprint density at radius 2 is 2.04 bits per heavy atom. The highest BCUT2D eigenvalue weighted by atomic mass is 19.1.